The number of piperazine rings is 1. The van der Waals surface area contributed by atoms with Crippen molar-refractivity contribution in [1.82, 2.24) is 24.5 Å². The van der Waals surface area contributed by atoms with E-state index < -0.39 is 24.8 Å². The first-order valence-electron chi connectivity index (χ1n) is 20.9. The molecule has 1 saturated heterocycles. The van der Waals surface area contributed by atoms with E-state index in [4.69, 9.17) is 18.9 Å². The summed E-state index contributed by atoms with van der Waals surface area (Å²) in [5.41, 5.74) is 3.72. The number of pyridine rings is 1. The van der Waals surface area contributed by atoms with Gasteiger partial charge in [-0.05, 0) is 85.9 Å². The molecule has 14 nitrogen and oxygen atoms in total. The topological polar surface area (TPSA) is 159 Å². The van der Waals surface area contributed by atoms with Crippen LogP contribution in [0, 0.1) is 25.7 Å². The number of hydrogen-bond acceptors (Lipinski definition) is 11. The Balaban J connectivity index is 0.897. The van der Waals surface area contributed by atoms with Crippen LogP contribution < -0.4 is 20.8 Å². The van der Waals surface area contributed by atoms with Crippen molar-refractivity contribution in [2.45, 2.75) is 26.6 Å². The number of anilines is 1. The molecule has 0 bridgehead atoms. The number of nitrogens with zero attached hydrogens (tertiary/aromatic N) is 4. The zero-order chi connectivity index (χ0) is 45.6. The predicted octanol–water partition coefficient (Wildman–Crippen LogP) is 3.91. The maximum absolute atomic E-state index is 14.1. The van der Waals surface area contributed by atoms with Crippen LogP contribution in [0.15, 0.2) is 79.1 Å². The predicted molar refractivity (Wildman–Crippen MR) is 236 cm³/mol. The van der Waals surface area contributed by atoms with Crippen molar-refractivity contribution in [3.63, 3.8) is 0 Å². The highest BCUT2D eigenvalue weighted by Gasteiger charge is 2.34. The Morgan fingerprint density at radius 3 is 2.19 bits per heavy atom. The molecule has 0 saturated carbocycles. The molecule has 0 unspecified atom stereocenters. The molecule has 338 valence electrons. The summed E-state index contributed by atoms with van der Waals surface area (Å²) >= 11 is 0. The second kappa shape index (κ2) is 22.7. The number of likely N-dealkylation sites (N-methyl/N-ethyl adjacent to an activating group) is 1. The summed E-state index contributed by atoms with van der Waals surface area (Å²) < 4.78 is 66.7. The van der Waals surface area contributed by atoms with Gasteiger partial charge in [0.1, 0.15) is 23.7 Å². The van der Waals surface area contributed by atoms with Crippen LogP contribution in [0.4, 0.5) is 18.9 Å². The molecule has 0 aliphatic carbocycles. The van der Waals surface area contributed by atoms with Crippen molar-refractivity contribution in [2.24, 2.45) is 0 Å². The number of benzene rings is 3. The van der Waals surface area contributed by atoms with E-state index in [0.29, 0.717) is 105 Å². The molecule has 1 aliphatic heterocycles. The number of imidazole rings is 1. The van der Waals surface area contributed by atoms with Crippen molar-refractivity contribution in [2.75, 3.05) is 91.3 Å². The Morgan fingerprint density at radius 2 is 1.48 bits per heavy atom. The normalized spacial score (nSPS) is 13.4. The molecule has 5 aromatic rings. The molecule has 3 heterocycles. The fraction of sp³-hybridized carbons (Fsp3) is 0.370. The number of hydrogen-bond donors (Lipinski definition) is 4. The molecule has 2 aromatic heterocycles. The Hall–Kier alpha value is -5.78. The number of fused-ring (bicyclic) bond motifs is 1. The van der Waals surface area contributed by atoms with Crippen LogP contribution in [0.3, 0.4) is 0 Å². The minimum Gasteiger partial charge on any atom is -0.491 e. The van der Waals surface area contributed by atoms with Crippen LogP contribution in [0.25, 0.3) is 5.65 Å². The lowest BCUT2D eigenvalue weighted by Crippen LogP contribution is -2.44. The number of rotatable bonds is 19. The second-order valence-electron chi connectivity index (χ2n) is 15.3. The highest BCUT2D eigenvalue weighted by atomic mass is 19.4. The average molecular weight is 885 g/mol. The number of amides is 2. The third kappa shape index (κ3) is 13.6. The van der Waals surface area contributed by atoms with Gasteiger partial charge in [-0.25, -0.2) is 4.98 Å². The van der Waals surface area contributed by atoms with Crippen LogP contribution in [0.1, 0.15) is 54.2 Å². The Morgan fingerprint density at radius 1 is 0.797 bits per heavy atom. The van der Waals surface area contributed by atoms with Crippen molar-refractivity contribution in [3.8, 4) is 17.6 Å². The molecule has 1 fully saturated rings. The van der Waals surface area contributed by atoms with Gasteiger partial charge >= 0.3 is 13.3 Å². The number of carbonyl (C=O) groups is 2. The smallest absolute Gasteiger partial charge is 0.488 e. The summed E-state index contributed by atoms with van der Waals surface area (Å²) in [5.74, 6) is 6.00. The van der Waals surface area contributed by atoms with E-state index in [1.54, 1.807) is 60.1 Å². The van der Waals surface area contributed by atoms with Crippen molar-refractivity contribution >= 4 is 35.7 Å². The molecule has 0 spiro atoms. The summed E-state index contributed by atoms with van der Waals surface area (Å²) in [6, 6.07) is 17.1. The number of nitrogens with one attached hydrogen (secondary N) is 2. The summed E-state index contributed by atoms with van der Waals surface area (Å²) in [6.45, 7) is 9.41. The molecule has 4 N–H and O–H groups in total. The van der Waals surface area contributed by atoms with Gasteiger partial charge < -0.3 is 44.5 Å². The third-order valence-corrected chi connectivity index (χ3v) is 10.6. The minimum atomic E-state index is -4.58. The van der Waals surface area contributed by atoms with Crippen molar-refractivity contribution in [1.29, 1.82) is 0 Å². The molecule has 64 heavy (non-hydrogen) atoms. The van der Waals surface area contributed by atoms with E-state index in [1.807, 2.05) is 18.9 Å². The zero-order valence-corrected chi connectivity index (χ0v) is 36.0. The lowest BCUT2D eigenvalue weighted by molar-refractivity contribution is -0.138. The first-order valence-corrected chi connectivity index (χ1v) is 20.9. The van der Waals surface area contributed by atoms with Gasteiger partial charge in [0.2, 0.25) is 0 Å². The Bertz CT molecular complexity index is 2450. The van der Waals surface area contributed by atoms with Gasteiger partial charge in [0, 0.05) is 73.9 Å². The monoisotopic (exact) mass is 884 g/mol. The second-order valence-corrected chi connectivity index (χ2v) is 15.3. The molecule has 0 radical (unpaired) electrons. The number of ether oxygens (including phenoxy) is 4. The molecular formula is C46H52BF3N6O8. The summed E-state index contributed by atoms with van der Waals surface area (Å²) in [5, 5.41) is 24.0. The minimum absolute atomic E-state index is 0.0558. The summed E-state index contributed by atoms with van der Waals surface area (Å²) in [7, 11) is 0.403. The van der Waals surface area contributed by atoms with E-state index >= 15 is 0 Å². The molecule has 2 amide bonds. The van der Waals surface area contributed by atoms with Crippen LogP contribution in [0.2, 0.25) is 0 Å². The van der Waals surface area contributed by atoms with Gasteiger partial charge in [0.25, 0.3) is 11.8 Å². The van der Waals surface area contributed by atoms with Crippen molar-refractivity contribution in [3.05, 3.63) is 124 Å². The van der Waals surface area contributed by atoms with E-state index in [0.717, 1.165) is 24.7 Å². The standard InChI is InChI=1S/C46H52BF3N6O8/c1-32-4-5-36(45(58)53-38-9-6-37(41(28-38)46(48,49)50)31-55-17-15-54(3)16-18-55)27-34(32)7-10-39-30-52-43-29-40(12-14-56(39)43)64-25-24-63-23-22-62-21-20-61-19-13-51-44(57)35-8-11-42(47(59)60)33(2)26-35/h4-6,8-9,11-12,14,26-30,59-60H,13,15-25,31H2,1-3H3,(H,51,57)(H,53,58). The highest BCUT2D eigenvalue weighted by Crippen LogP contribution is 2.35. The van der Waals surface area contributed by atoms with Crippen LogP contribution in [0.5, 0.6) is 5.75 Å². The molecule has 1 aliphatic rings. The van der Waals surface area contributed by atoms with Gasteiger partial charge in [0.15, 0.2) is 0 Å². The lowest BCUT2D eigenvalue weighted by Gasteiger charge is -2.33. The van der Waals surface area contributed by atoms with Crippen LogP contribution >= 0.6 is 0 Å². The van der Waals surface area contributed by atoms with Crippen LogP contribution in [-0.2, 0) is 26.9 Å². The molecular weight excluding hydrogens is 832 g/mol. The summed E-state index contributed by atoms with van der Waals surface area (Å²) in [4.78, 5) is 34.2. The maximum Gasteiger partial charge on any atom is 0.488 e. The molecule has 3 aromatic carbocycles. The van der Waals surface area contributed by atoms with Gasteiger partial charge in [-0.2, -0.15) is 13.2 Å². The van der Waals surface area contributed by atoms with Gasteiger partial charge in [0.05, 0.1) is 51.4 Å². The van der Waals surface area contributed by atoms with E-state index in [9.17, 15) is 32.8 Å². The van der Waals surface area contributed by atoms with Gasteiger partial charge in [-0.3, -0.25) is 18.9 Å². The van der Waals surface area contributed by atoms with Gasteiger partial charge in [-0.15, -0.1) is 0 Å². The lowest BCUT2D eigenvalue weighted by atomic mass is 9.77. The number of halogens is 3. The van der Waals surface area contributed by atoms with Crippen molar-refractivity contribution < 1.29 is 51.8 Å². The first kappa shape index (κ1) is 47.7. The fourth-order valence-electron chi connectivity index (χ4n) is 6.89. The number of alkyl halides is 3. The molecule has 6 rings (SSSR count). The Labute approximate surface area is 370 Å². The van der Waals surface area contributed by atoms with E-state index in [-0.39, 0.29) is 29.3 Å². The number of aromatic nitrogens is 2. The first-order chi connectivity index (χ1) is 30.7. The van der Waals surface area contributed by atoms with E-state index in [1.165, 1.54) is 24.3 Å². The quantitative estimate of drug-likeness (QED) is 0.0542. The number of carbonyl (C=O) groups excluding carboxylic acids is 2. The third-order valence-electron chi connectivity index (χ3n) is 10.6. The molecule has 18 heteroatoms. The van der Waals surface area contributed by atoms with E-state index in [2.05, 4.69) is 32.4 Å². The highest BCUT2D eigenvalue weighted by molar-refractivity contribution is 6.59. The van der Waals surface area contributed by atoms with Gasteiger partial charge in [-0.1, -0.05) is 29.7 Å². The largest absolute Gasteiger partial charge is 0.491 e. The molecule has 0 atom stereocenters. The fourth-order valence-corrected chi connectivity index (χ4v) is 6.89. The van der Waals surface area contributed by atoms with Crippen LogP contribution in [-0.4, -0.2) is 134 Å². The average Bonchev–Trinajstić information content (AvgIpc) is 3.67. The summed E-state index contributed by atoms with van der Waals surface area (Å²) in [6.07, 6.45) is -1.16. The zero-order valence-electron chi connectivity index (χ0n) is 36.0. The number of aryl methyl sites for hydroxylation is 2. The Kier molecular flexibility index (Phi) is 16.9. The SMILES string of the molecule is Cc1ccc(C(=O)Nc2ccc(CN3CCN(C)CC3)c(C(F)(F)F)c2)cc1C#Cc1cnc2cc(OCCOCCOCCOCCNC(=O)c3ccc(B(O)O)c(C)c3)ccn12. The maximum atomic E-state index is 14.1.